The molecule has 0 spiro atoms. The van der Waals surface area contributed by atoms with Gasteiger partial charge in [0.2, 0.25) is 0 Å². The lowest BCUT2D eigenvalue weighted by Gasteiger charge is -2.23. The molecule has 0 aromatic heterocycles. The zero-order valence-corrected chi connectivity index (χ0v) is 10.6. The van der Waals surface area contributed by atoms with Crippen molar-refractivity contribution in [3.63, 3.8) is 0 Å². The van der Waals surface area contributed by atoms with E-state index in [4.69, 9.17) is 15.9 Å². The SMILES string of the molecule is CCOCCN(CC)c1ccc(C(=N)N)cc1. The first-order valence-corrected chi connectivity index (χ1v) is 5.96. The van der Waals surface area contributed by atoms with E-state index in [1.165, 1.54) is 0 Å². The van der Waals surface area contributed by atoms with E-state index in [1.807, 2.05) is 31.2 Å². The Morgan fingerprint density at radius 2 is 1.94 bits per heavy atom. The van der Waals surface area contributed by atoms with Gasteiger partial charge in [-0.25, -0.2) is 0 Å². The summed E-state index contributed by atoms with van der Waals surface area (Å²) in [5.74, 6) is 0.105. The molecule has 1 aromatic carbocycles. The van der Waals surface area contributed by atoms with Crippen LogP contribution in [0, 0.1) is 5.41 Å². The lowest BCUT2D eigenvalue weighted by atomic mass is 10.2. The van der Waals surface area contributed by atoms with E-state index in [0.29, 0.717) is 0 Å². The minimum atomic E-state index is 0.105. The van der Waals surface area contributed by atoms with E-state index in [1.54, 1.807) is 0 Å². The van der Waals surface area contributed by atoms with Crippen LogP contribution in [-0.2, 0) is 4.74 Å². The molecule has 1 aromatic rings. The number of amidine groups is 1. The van der Waals surface area contributed by atoms with Crippen LogP contribution in [0.3, 0.4) is 0 Å². The van der Waals surface area contributed by atoms with Gasteiger partial charge in [0.15, 0.2) is 0 Å². The molecule has 17 heavy (non-hydrogen) atoms. The number of ether oxygens (including phenoxy) is 1. The van der Waals surface area contributed by atoms with Gasteiger partial charge < -0.3 is 15.4 Å². The Morgan fingerprint density at radius 1 is 1.29 bits per heavy atom. The van der Waals surface area contributed by atoms with E-state index in [0.717, 1.165) is 37.6 Å². The van der Waals surface area contributed by atoms with Crippen LogP contribution in [0.1, 0.15) is 19.4 Å². The first-order valence-electron chi connectivity index (χ1n) is 5.96. The summed E-state index contributed by atoms with van der Waals surface area (Å²) in [7, 11) is 0. The largest absolute Gasteiger partial charge is 0.384 e. The highest BCUT2D eigenvalue weighted by molar-refractivity contribution is 5.95. The lowest BCUT2D eigenvalue weighted by Crippen LogP contribution is -2.27. The van der Waals surface area contributed by atoms with Crippen molar-refractivity contribution in [1.29, 1.82) is 5.41 Å². The highest BCUT2D eigenvalue weighted by Crippen LogP contribution is 2.14. The number of nitrogens with one attached hydrogen (secondary N) is 1. The molecule has 0 radical (unpaired) electrons. The maximum Gasteiger partial charge on any atom is 0.122 e. The van der Waals surface area contributed by atoms with Gasteiger partial charge in [0.1, 0.15) is 5.84 Å². The third-order valence-electron chi connectivity index (χ3n) is 2.63. The molecule has 0 saturated carbocycles. The third kappa shape index (κ3) is 4.07. The van der Waals surface area contributed by atoms with Crippen LogP contribution in [0.25, 0.3) is 0 Å². The summed E-state index contributed by atoms with van der Waals surface area (Å²) in [6, 6.07) is 7.74. The third-order valence-corrected chi connectivity index (χ3v) is 2.63. The zero-order chi connectivity index (χ0) is 12.7. The van der Waals surface area contributed by atoms with Crippen LogP contribution in [-0.4, -0.2) is 32.1 Å². The molecule has 0 aliphatic carbocycles. The second-order valence-corrected chi connectivity index (χ2v) is 3.74. The minimum Gasteiger partial charge on any atom is -0.384 e. The Labute approximate surface area is 103 Å². The van der Waals surface area contributed by atoms with E-state index in [-0.39, 0.29) is 5.84 Å². The van der Waals surface area contributed by atoms with Gasteiger partial charge in [-0.1, -0.05) is 0 Å². The molecule has 4 nitrogen and oxygen atoms in total. The molecule has 0 atom stereocenters. The monoisotopic (exact) mass is 235 g/mol. The fourth-order valence-corrected chi connectivity index (χ4v) is 1.64. The number of rotatable bonds is 7. The molecule has 4 heteroatoms. The van der Waals surface area contributed by atoms with Crippen molar-refractivity contribution in [3.05, 3.63) is 29.8 Å². The van der Waals surface area contributed by atoms with Crippen LogP contribution in [0.4, 0.5) is 5.69 Å². The molecule has 0 aliphatic rings. The second-order valence-electron chi connectivity index (χ2n) is 3.74. The van der Waals surface area contributed by atoms with Crippen molar-refractivity contribution in [2.45, 2.75) is 13.8 Å². The van der Waals surface area contributed by atoms with E-state index >= 15 is 0 Å². The average molecular weight is 235 g/mol. The van der Waals surface area contributed by atoms with Crippen LogP contribution < -0.4 is 10.6 Å². The summed E-state index contributed by atoms with van der Waals surface area (Å²) in [6.07, 6.45) is 0. The molecular weight excluding hydrogens is 214 g/mol. The molecule has 94 valence electrons. The highest BCUT2D eigenvalue weighted by atomic mass is 16.5. The number of nitrogens with two attached hydrogens (primary N) is 1. The topological polar surface area (TPSA) is 62.3 Å². The van der Waals surface area contributed by atoms with Gasteiger partial charge in [-0.15, -0.1) is 0 Å². The minimum absolute atomic E-state index is 0.105. The van der Waals surface area contributed by atoms with Crippen LogP contribution in [0.2, 0.25) is 0 Å². The number of likely N-dealkylation sites (N-methyl/N-ethyl adjacent to an activating group) is 1. The Morgan fingerprint density at radius 3 is 2.41 bits per heavy atom. The first-order chi connectivity index (χ1) is 8.19. The van der Waals surface area contributed by atoms with E-state index in [2.05, 4.69) is 11.8 Å². The summed E-state index contributed by atoms with van der Waals surface area (Å²) in [5, 5.41) is 7.34. The average Bonchev–Trinajstić information content (AvgIpc) is 2.35. The van der Waals surface area contributed by atoms with Gasteiger partial charge in [-0.2, -0.15) is 0 Å². The molecule has 3 N–H and O–H groups in total. The number of hydrogen-bond donors (Lipinski definition) is 2. The molecule has 0 aliphatic heterocycles. The number of benzene rings is 1. The number of nitrogens with zero attached hydrogens (tertiary/aromatic N) is 1. The summed E-state index contributed by atoms with van der Waals surface area (Å²) in [5.41, 5.74) is 7.32. The maximum atomic E-state index is 7.34. The van der Waals surface area contributed by atoms with Crippen molar-refractivity contribution in [1.82, 2.24) is 0 Å². The predicted octanol–water partition coefficient (Wildman–Crippen LogP) is 1.83. The molecule has 0 fully saturated rings. The van der Waals surface area contributed by atoms with Crippen molar-refractivity contribution in [3.8, 4) is 0 Å². The van der Waals surface area contributed by atoms with Crippen LogP contribution >= 0.6 is 0 Å². The first kappa shape index (κ1) is 13.5. The molecule has 1 rings (SSSR count). The van der Waals surface area contributed by atoms with E-state index < -0.39 is 0 Å². The standard InChI is InChI=1S/C13H21N3O/c1-3-16(9-10-17-4-2)12-7-5-11(6-8-12)13(14)15/h5-8H,3-4,9-10H2,1-2H3,(H3,14,15). The van der Waals surface area contributed by atoms with Gasteiger partial charge in [-0.05, 0) is 38.1 Å². The van der Waals surface area contributed by atoms with Gasteiger partial charge in [0, 0.05) is 30.9 Å². The summed E-state index contributed by atoms with van der Waals surface area (Å²) in [4.78, 5) is 2.24. The van der Waals surface area contributed by atoms with Gasteiger partial charge in [0.25, 0.3) is 0 Å². The maximum absolute atomic E-state index is 7.34. The van der Waals surface area contributed by atoms with E-state index in [9.17, 15) is 0 Å². The molecule has 0 unspecified atom stereocenters. The Balaban J connectivity index is 2.65. The number of anilines is 1. The van der Waals surface area contributed by atoms with Gasteiger partial charge >= 0.3 is 0 Å². The summed E-state index contributed by atoms with van der Waals surface area (Å²) >= 11 is 0. The fourth-order valence-electron chi connectivity index (χ4n) is 1.64. The smallest absolute Gasteiger partial charge is 0.122 e. The Hall–Kier alpha value is -1.55. The van der Waals surface area contributed by atoms with Crippen molar-refractivity contribution in [2.75, 3.05) is 31.2 Å². The normalized spacial score (nSPS) is 10.2. The number of hydrogen-bond acceptors (Lipinski definition) is 3. The molecule has 0 amide bonds. The molecule has 0 bridgehead atoms. The quantitative estimate of drug-likeness (QED) is 0.430. The Kier molecular flexibility index (Phi) is 5.49. The Bertz CT molecular complexity index is 348. The summed E-state index contributed by atoms with van der Waals surface area (Å²) < 4.78 is 5.35. The fraction of sp³-hybridized carbons (Fsp3) is 0.462. The van der Waals surface area contributed by atoms with Gasteiger partial charge in [0.05, 0.1) is 6.61 Å². The van der Waals surface area contributed by atoms with Crippen molar-refractivity contribution < 1.29 is 4.74 Å². The van der Waals surface area contributed by atoms with Crippen LogP contribution in [0.15, 0.2) is 24.3 Å². The van der Waals surface area contributed by atoms with Crippen molar-refractivity contribution in [2.24, 2.45) is 5.73 Å². The number of nitrogen functional groups attached to an aromatic ring is 1. The predicted molar refractivity (Wildman–Crippen MR) is 71.8 cm³/mol. The zero-order valence-electron chi connectivity index (χ0n) is 10.6. The molecule has 0 heterocycles. The van der Waals surface area contributed by atoms with Gasteiger partial charge in [-0.3, -0.25) is 5.41 Å². The lowest BCUT2D eigenvalue weighted by molar-refractivity contribution is 0.154. The molecule has 0 saturated heterocycles. The molecular formula is C13H21N3O. The van der Waals surface area contributed by atoms with Crippen molar-refractivity contribution >= 4 is 11.5 Å². The highest BCUT2D eigenvalue weighted by Gasteiger charge is 2.04. The summed E-state index contributed by atoms with van der Waals surface area (Å²) in [6.45, 7) is 7.42. The second kappa shape index (κ2) is 6.91. The van der Waals surface area contributed by atoms with Crippen LogP contribution in [0.5, 0.6) is 0 Å².